The van der Waals surface area contributed by atoms with E-state index in [2.05, 4.69) is 11.6 Å². The molecule has 2 heterocycles. The van der Waals surface area contributed by atoms with Crippen molar-refractivity contribution in [2.24, 2.45) is 0 Å². The second-order valence-corrected chi connectivity index (χ2v) is 8.59. The molecule has 2 aromatic heterocycles. The molecule has 1 N–H and O–H groups in total. The maximum atomic E-state index is 13.1. The van der Waals surface area contributed by atoms with Crippen LogP contribution in [0.5, 0.6) is 0 Å². The molecule has 0 bridgehead atoms. The van der Waals surface area contributed by atoms with E-state index in [4.69, 9.17) is 14.2 Å². The highest BCUT2D eigenvalue weighted by atomic mass is 16.7. The van der Waals surface area contributed by atoms with E-state index < -0.39 is 29.7 Å². The number of methoxy groups -OCH3 is 1. The number of esters is 1. The van der Waals surface area contributed by atoms with Gasteiger partial charge in [-0.1, -0.05) is 12.7 Å². The third-order valence-corrected chi connectivity index (χ3v) is 3.83. The number of nitrogens with zero attached hydrogens (tertiary/aromatic N) is 3. The number of aliphatic hydroxyl groups is 1. The first-order valence-electron chi connectivity index (χ1n) is 9.37. The molecule has 2 aromatic rings. The van der Waals surface area contributed by atoms with Crippen molar-refractivity contribution in [1.82, 2.24) is 9.38 Å². The van der Waals surface area contributed by atoms with Gasteiger partial charge in [-0.25, -0.2) is 19.5 Å². The highest BCUT2D eigenvalue weighted by Crippen LogP contribution is 2.31. The molecule has 164 valence electrons. The molecule has 9 heteroatoms. The zero-order chi connectivity index (χ0) is 22.9. The monoisotopic (exact) mass is 419 g/mol. The van der Waals surface area contributed by atoms with Crippen molar-refractivity contribution in [3.8, 4) is 0 Å². The maximum absolute atomic E-state index is 13.1. The van der Waals surface area contributed by atoms with E-state index in [-0.39, 0.29) is 11.4 Å². The number of carbonyl (C=O) groups excluding carboxylic acids is 2. The Morgan fingerprint density at radius 2 is 1.87 bits per heavy atom. The Morgan fingerprint density at radius 3 is 2.37 bits per heavy atom. The van der Waals surface area contributed by atoms with Gasteiger partial charge in [0.05, 0.1) is 24.4 Å². The number of aliphatic hydroxyl groups excluding tert-OH is 1. The van der Waals surface area contributed by atoms with Crippen LogP contribution in [-0.2, 0) is 14.2 Å². The summed E-state index contributed by atoms with van der Waals surface area (Å²) in [5.74, 6) is -0.730. The second-order valence-electron chi connectivity index (χ2n) is 8.59. The molecule has 0 spiro atoms. The summed E-state index contributed by atoms with van der Waals surface area (Å²) in [6.45, 7) is 14.0. The maximum Gasteiger partial charge on any atom is 0.420 e. The fourth-order valence-corrected chi connectivity index (χ4v) is 2.73. The summed E-state index contributed by atoms with van der Waals surface area (Å²) in [7, 11) is 1.22. The lowest BCUT2D eigenvalue weighted by Crippen LogP contribution is -2.49. The minimum absolute atomic E-state index is 0.000295. The minimum Gasteiger partial charge on any atom is -0.465 e. The predicted molar refractivity (Wildman–Crippen MR) is 112 cm³/mol. The largest absolute Gasteiger partial charge is 0.465 e. The third kappa shape index (κ3) is 5.17. The highest BCUT2D eigenvalue weighted by molar-refractivity contribution is 6.01. The fourth-order valence-electron chi connectivity index (χ4n) is 2.73. The zero-order valence-corrected chi connectivity index (χ0v) is 18.4. The third-order valence-electron chi connectivity index (χ3n) is 3.83. The van der Waals surface area contributed by atoms with E-state index in [0.717, 1.165) is 4.90 Å². The molecule has 0 saturated carbocycles. The van der Waals surface area contributed by atoms with Crippen LogP contribution in [0.1, 0.15) is 57.5 Å². The number of aromatic nitrogens is 2. The lowest BCUT2D eigenvalue weighted by atomic mass is 10.1. The van der Waals surface area contributed by atoms with Gasteiger partial charge in [0, 0.05) is 5.56 Å². The van der Waals surface area contributed by atoms with Gasteiger partial charge in [-0.05, 0) is 47.6 Å². The van der Waals surface area contributed by atoms with Crippen LogP contribution in [0.4, 0.5) is 10.6 Å². The molecular formula is C21H29N3O6. The molecule has 0 saturated heterocycles. The Balaban J connectivity index is 2.81. The number of hydrogen-bond acceptors (Lipinski definition) is 7. The van der Waals surface area contributed by atoms with Gasteiger partial charge in [0.1, 0.15) is 23.3 Å². The number of rotatable bonds is 5. The Morgan fingerprint density at radius 1 is 1.23 bits per heavy atom. The number of carbonyl (C=O) groups is 2. The van der Waals surface area contributed by atoms with Crippen molar-refractivity contribution in [2.45, 2.75) is 59.2 Å². The van der Waals surface area contributed by atoms with Crippen molar-refractivity contribution in [2.75, 3.05) is 12.0 Å². The molecule has 0 aliphatic carbocycles. The van der Waals surface area contributed by atoms with Crippen LogP contribution in [0, 0.1) is 0 Å². The van der Waals surface area contributed by atoms with Gasteiger partial charge in [0.2, 0.25) is 6.41 Å². The topological polar surface area (TPSA) is 103 Å². The van der Waals surface area contributed by atoms with Crippen LogP contribution in [-0.4, -0.2) is 51.3 Å². The number of imidazole rings is 1. The molecule has 2 rings (SSSR count). The molecule has 0 aliphatic rings. The molecule has 9 nitrogen and oxygen atoms in total. The van der Waals surface area contributed by atoms with Crippen LogP contribution in [0.3, 0.4) is 0 Å². The van der Waals surface area contributed by atoms with Gasteiger partial charge < -0.3 is 19.3 Å². The molecule has 30 heavy (non-hydrogen) atoms. The van der Waals surface area contributed by atoms with Gasteiger partial charge >= 0.3 is 12.1 Å². The number of anilines is 1. The van der Waals surface area contributed by atoms with Crippen LogP contribution >= 0.6 is 0 Å². The minimum atomic E-state index is -1.76. The molecule has 1 unspecified atom stereocenters. The average molecular weight is 419 g/mol. The number of fused-ring (bicyclic) bond motifs is 1. The summed E-state index contributed by atoms with van der Waals surface area (Å²) in [6, 6.07) is 1.51. The summed E-state index contributed by atoms with van der Waals surface area (Å²) in [5.41, 5.74) is -0.520. The lowest BCUT2D eigenvalue weighted by molar-refractivity contribution is -0.163. The zero-order valence-electron chi connectivity index (χ0n) is 18.4. The van der Waals surface area contributed by atoms with E-state index in [1.807, 2.05) is 0 Å². The molecule has 0 radical (unpaired) electrons. The normalized spacial score (nSPS) is 13.1. The van der Waals surface area contributed by atoms with Crippen molar-refractivity contribution < 1.29 is 28.9 Å². The number of hydrogen-bond donors (Lipinski definition) is 1. The Bertz CT molecular complexity index is 952. The molecule has 1 amide bonds. The molecule has 0 aromatic carbocycles. The lowest BCUT2D eigenvalue weighted by Gasteiger charge is -2.34. The van der Waals surface area contributed by atoms with Crippen LogP contribution in [0.15, 0.2) is 25.2 Å². The highest BCUT2D eigenvalue weighted by Gasteiger charge is 2.36. The van der Waals surface area contributed by atoms with Gasteiger partial charge in [-0.15, -0.1) is 0 Å². The van der Waals surface area contributed by atoms with Gasteiger partial charge in [0.15, 0.2) is 0 Å². The van der Waals surface area contributed by atoms with Crippen LogP contribution < -0.4 is 4.90 Å². The van der Waals surface area contributed by atoms with Crippen molar-refractivity contribution in [3.63, 3.8) is 0 Å². The van der Waals surface area contributed by atoms with Crippen molar-refractivity contribution in [1.29, 1.82) is 0 Å². The van der Waals surface area contributed by atoms with E-state index >= 15 is 0 Å². The standard InChI is InChI=1S/C21H29N3O6/c1-9-13-10-14(17(25)28-8)16(23-12-22-11-15(13)23)24(18(26)29-20(2,3)4)19(27)30-21(5,6)7/h9-12,18,26H,1H2,2-8H3. The van der Waals surface area contributed by atoms with Gasteiger partial charge in [-0.3, -0.25) is 4.40 Å². The van der Waals surface area contributed by atoms with E-state index in [0.29, 0.717) is 11.1 Å². The van der Waals surface area contributed by atoms with Crippen molar-refractivity contribution in [3.05, 3.63) is 36.3 Å². The Labute approximate surface area is 175 Å². The van der Waals surface area contributed by atoms with Crippen LogP contribution in [0.25, 0.3) is 11.6 Å². The van der Waals surface area contributed by atoms with Crippen molar-refractivity contribution >= 4 is 29.5 Å². The first-order valence-corrected chi connectivity index (χ1v) is 9.37. The molecule has 0 aliphatic heterocycles. The quantitative estimate of drug-likeness (QED) is 0.583. The Hall–Kier alpha value is -2.91. The van der Waals surface area contributed by atoms with Gasteiger partial charge in [-0.2, -0.15) is 0 Å². The number of amides is 1. The van der Waals surface area contributed by atoms with E-state index in [9.17, 15) is 14.7 Å². The summed E-state index contributed by atoms with van der Waals surface area (Å²) >= 11 is 0. The van der Waals surface area contributed by atoms with E-state index in [1.165, 1.54) is 23.9 Å². The van der Waals surface area contributed by atoms with Crippen LogP contribution in [0.2, 0.25) is 0 Å². The summed E-state index contributed by atoms with van der Waals surface area (Å²) in [5, 5.41) is 10.9. The molecule has 1 atom stereocenters. The second kappa shape index (κ2) is 8.45. The molecule has 0 fully saturated rings. The summed E-state index contributed by atoms with van der Waals surface area (Å²) < 4.78 is 17.5. The average Bonchev–Trinajstić information content (AvgIpc) is 3.07. The first kappa shape index (κ1) is 23.4. The molecular weight excluding hydrogens is 390 g/mol. The summed E-state index contributed by atoms with van der Waals surface area (Å²) in [4.78, 5) is 30.7. The SMILES string of the molecule is C=Cc1cc(C(=O)OC)c(N(C(=O)OC(C)(C)C)C(O)OC(C)(C)C)n2cncc12. The van der Waals surface area contributed by atoms with E-state index in [1.54, 1.807) is 53.8 Å². The number of ether oxygens (including phenoxy) is 3. The Kier molecular flexibility index (Phi) is 6.58. The number of pyridine rings is 1. The summed E-state index contributed by atoms with van der Waals surface area (Å²) in [6.07, 6.45) is 1.83. The predicted octanol–water partition coefficient (Wildman–Crippen LogP) is 3.60. The smallest absolute Gasteiger partial charge is 0.420 e. The first-order chi connectivity index (χ1) is 13.8. The van der Waals surface area contributed by atoms with Gasteiger partial charge in [0.25, 0.3) is 0 Å². The fraction of sp³-hybridized carbons (Fsp3) is 0.476.